The number of hydrogen-bond acceptors (Lipinski definition) is 4. The fourth-order valence-electron chi connectivity index (χ4n) is 1.29. The zero-order chi connectivity index (χ0) is 12.8. The summed E-state index contributed by atoms with van der Waals surface area (Å²) in [5, 5.41) is 5.74. The number of nitrogens with one attached hydrogen (secondary N) is 2. The smallest absolute Gasteiger partial charge is 0.229 e. The van der Waals surface area contributed by atoms with E-state index in [1.165, 1.54) is 6.08 Å². The zero-order valence-corrected chi connectivity index (χ0v) is 10.3. The lowest BCUT2D eigenvalue weighted by molar-refractivity contribution is 0.596. The first-order chi connectivity index (χ1) is 8.10. The summed E-state index contributed by atoms with van der Waals surface area (Å²) in [7, 11) is 1.77. The molecule has 2 N–H and O–H groups in total. The van der Waals surface area contributed by atoms with Crippen LogP contribution in [0.5, 0.6) is 0 Å². The molecule has 0 saturated carbocycles. The summed E-state index contributed by atoms with van der Waals surface area (Å²) in [6.07, 6.45) is 1.72. The summed E-state index contributed by atoms with van der Waals surface area (Å²) in [5.74, 6) is 0.768. The number of allylic oxidation sites excluding steroid dienone is 2. The van der Waals surface area contributed by atoms with Crippen molar-refractivity contribution in [1.82, 2.24) is 9.97 Å². The van der Waals surface area contributed by atoms with E-state index in [4.69, 9.17) is 0 Å². The van der Waals surface area contributed by atoms with E-state index in [0.29, 0.717) is 23.9 Å². The largest absolute Gasteiger partial charge is 0.373 e. The first kappa shape index (κ1) is 13.2. The molecule has 0 fully saturated rings. The van der Waals surface area contributed by atoms with Gasteiger partial charge in [0.15, 0.2) is 0 Å². The maximum absolute atomic E-state index is 13.4. The van der Waals surface area contributed by atoms with Crippen LogP contribution in [0.25, 0.3) is 0 Å². The van der Waals surface area contributed by atoms with Gasteiger partial charge in [-0.3, -0.25) is 0 Å². The summed E-state index contributed by atoms with van der Waals surface area (Å²) in [5.41, 5.74) is 1.10. The van der Waals surface area contributed by atoms with Gasteiger partial charge in [-0.15, -0.1) is 0 Å². The SMILES string of the molecule is C=C/C(Nc1nc(C)cc(NC)n1)=C(/F)CC. The van der Waals surface area contributed by atoms with Crippen molar-refractivity contribution in [1.29, 1.82) is 0 Å². The highest BCUT2D eigenvalue weighted by Gasteiger charge is 2.05. The Labute approximate surface area is 101 Å². The first-order valence-electron chi connectivity index (χ1n) is 5.42. The maximum atomic E-state index is 13.4. The van der Waals surface area contributed by atoms with Gasteiger partial charge in [0, 0.05) is 18.8 Å². The molecule has 1 rings (SSSR count). The highest BCUT2D eigenvalue weighted by molar-refractivity contribution is 5.46. The Hall–Kier alpha value is -1.91. The van der Waals surface area contributed by atoms with Crippen molar-refractivity contribution in [2.45, 2.75) is 20.3 Å². The summed E-state index contributed by atoms with van der Waals surface area (Å²) in [6.45, 7) is 7.14. The van der Waals surface area contributed by atoms with E-state index in [1.807, 2.05) is 6.92 Å². The topological polar surface area (TPSA) is 49.8 Å². The highest BCUT2D eigenvalue weighted by Crippen LogP contribution is 2.15. The second-order valence-electron chi connectivity index (χ2n) is 3.47. The van der Waals surface area contributed by atoms with Crippen molar-refractivity contribution in [3.05, 3.63) is 35.9 Å². The average Bonchev–Trinajstić information content (AvgIpc) is 2.34. The molecule has 0 aliphatic heterocycles. The Bertz CT molecular complexity index is 440. The normalized spacial score (nSPS) is 11.8. The number of aryl methyl sites for hydroxylation is 1. The molecule has 17 heavy (non-hydrogen) atoms. The van der Waals surface area contributed by atoms with E-state index >= 15 is 0 Å². The molecule has 0 aromatic carbocycles. The van der Waals surface area contributed by atoms with E-state index in [2.05, 4.69) is 27.2 Å². The Morgan fingerprint density at radius 2 is 2.24 bits per heavy atom. The average molecular weight is 236 g/mol. The Morgan fingerprint density at radius 1 is 1.53 bits per heavy atom. The van der Waals surface area contributed by atoms with Crippen LogP contribution < -0.4 is 10.6 Å². The van der Waals surface area contributed by atoms with Crippen LogP contribution in [0.15, 0.2) is 30.2 Å². The summed E-state index contributed by atoms with van der Waals surface area (Å²) in [4.78, 5) is 8.35. The standard InChI is InChI=1S/C12H17FN4/c1-5-9(13)10(6-2)16-12-15-8(3)7-11(14-4)17-12/h6-7H,2,5H2,1,3-4H3,(H2,14,15,16,17)/b10-9-. The number of rotatable bonds is 5. The molecule has 0 amide bonds. The quantitative estimate of drug-likeness (QED) is 0.771. The number of halogens is 1. The van der Waals surface area contributed by atoms with Crippen LogP contribution in [0, 0.1) is 6.92 Å². The first-order valence-corrected chi connectivity index (χ1v) is 5.42. The molecule has 1 heterocycles. The van der Waals surface area contributed by atoms with Crippen molar-refractivity contribution in [2.24, 2.45) is 0 Å². The lowest BCUT2D eigenvalue weighted by atomic mass is 10.3. The van der Waals surface area contributed by atoms with Crippen molar-refractivity contribution < 1.29 is 4.39 Å². The van der Waals surface area contributed by atoms with Gasteiger partial charge in [0.1, 0.15) is 11.6 Å². The van der Waals surface area contributed by atoms with Gasteiger partial charge in [-0.1, -0.05) is 13.5 Å². The molecule has 0 atom stereocenters. The van der Waals surface area contributed by atoms with Crippen molar-refractivity contribution in [3.63, 3.8) is 0 Å². The van der Waals surface area contributed by atoms with Crippen molar-refractivity contribution in [3.8, 4) is 0 Å². The van der Waals surface area contributed by atoms with E-state index in [0.717, 1.165) is 5.69 Å². The predicted molar refractivity (Wildman–Crippen MR) is 68.6 cm³/mol. The summed E-state index contributed by atoms with van der Waals surface area (Å²) in [6, 6.07) is 1.80. The minimum atomic E-state index is -0.267. The molecule has 1 aromatic heterocycles. The van der Waals surface area contributed by atoms with Crippen LogP contribution in [-0.2, 0) is 0 Å². The molecule has 0 aliphatic rings. The molecule has 0 bridgehead atoms. The fourth-order valence-corrected chi connectivity index (χ4v) is 1.29. The number of aromatic nitrogens is 2. The zero-order valence-electron chi connectivity index (χ0n) is 10.3. The van der Waals surface area contributed by atoms with Gasteiger partial charge in [-0.2, -0.15) is 4.98 Å². The van der Waals surface area contributed by atoms with Gasteiger partial charge in [-0.05, 0) is 19.4 Å². The minimum Gasteiger partial charge on any atom is -0.373 e. The van der Waals surface area contributed by atoms with Gasteiger partial charge in [0.25, 0.3) is 0 Å². The molecule has 1 aromatic rings. The Morgan fingerprint density at radius 3 is 2.76 bits per heavy atom. The molecular formula is C12H17FN4. The molecule has 0 saturated heterocycles. The molecule has 5 heteroatoms. The number of anilines is 2. The fraction of sp³-hybridized carbons (Fsp3) is 0.333. The van der Waals surface area contributed by atoms with Gasteiger partial charge in [-0.25, -0.2) is 9.37 Å². The van der Waals surface area contributed by atoms with Crippen molar-refractivity contribution in [2.75, 3.05) is 17.7 Å². The molecule has 0 spiro atoms. The lowest BCUT2D eigenvalue weighted by Gasteiger charge is -2.09. The third-order valence-corrected chi connectivity index (χ3v) is 2.16. The van der Waals surface area contributed by atoms with Gasteiger partial charge in [0.05, 0.1) is 5.70 Å². The van der Waals surface area contributed by atoms with Crippen molar-refractivity contribution >= 4 is 11.8 Å². The number of nitrogens with zero attached hydrogens (tertiary/aromatic N) is 2. The minimum absolute atomic E-state index is 0.267. The molecule has 0 unspecified atom stereocenters. The van der Waals surface area contributed by atoms with Gasteiger partial charge in [0.2, 0.25) is 5.95 Å². The third-order valence-electron chi connectivity index (χ3n) is 2.16. The van der Waals surface area contributed by atoms with Gasteiger partial charge >= 0.3 is 0 Å². The van der Waals surface area contributed by atoms with E-state index < -0.39 is 0 Å². The molecule has 0 radical (unpaired) electrons. The summed E-state index contributed by atoms with van der Waals surface area (Å²) >= 11 is 0. The van der Waals surface area contributed by atoms with E-state index in [9.17, 15) is 4.39 Å². The highest BCUT2D eigenvalue weighted by atomic mass is 19.1. The van der Waals surface area contributed by atoms with Crippen LogP contribution in [0.1, 0.15) is 19.0 Å². The number of hydrogen-bond donors (Lipinski definition) is 2. The molecule has 92 valence electrons. The van der Waals surface area contributed by atoms with E-state index in [-0.39, 0.29) is 5.83 Å². The lowest BCUT2D eigenvalue weighted by Crippen LogP contribution is -2.06. The third kappa shape index (κ3) is 3.55. The van der Waals surface area contributed by atoms with Crippen LogP contribution >= 0.6 is 0 Å². The maximum Gasteiger partial charge on any atom is 0.229 e. The van der Waals surface area contributed by atoms with E-state index in [1.54, 1.807) is 20.0 Å². The van der Waals surface area contributed by atoms with Crippen LogP contribution in [0.4, 0.5) is 16.2 Å². The van der Waals surface area contributed by atoms with Crippen LogP contribution in [-0.4, -0.2) is 17.0 Å². The molecular weight excluding hydrogens is 219 g/mol. The second kappa shape index (κ2) is 5.98. The van der Waals surface area contributed by atoms with Crippen LogP contribution in [0.2, 0.25) is 0 Å². The molecule has 4 nitrogen and oxygen atoms in total. The monoisotopic (exact) mass is 236 g/mol. The molecule has 0 aliphatic carbocycles. The Kier molecular flexibility index (Phi) is 4.63. The second-order valence-corrected chi connectivity index (χ2v) is 3.47. The van der Waals surface area contributed by atoms with Gasteiger partial charge < -0.3 is 10.6 Å². The Balaban J connectivity index is 3.02. The predicted octanol–water partition coefficient (Wildman–Crippen LogP) is 3.02. The summed E-state index contributed by atoms with van der Waals surface area (Å²) < 4.78 is 13.4. The van der Waals surface area contributed by atoms with Crippen LogP contribution in [0.3, 0.4) is 0 Å².